The van der Waals surface area contributed by atoms with Gasteiger partial charge in [0.1, 0.15) is 6.33 Å². The maximum absolute atomic E-state index is 6.05. The Bertz CT molecular complexity index is 620. The lowest BCUT2D eigenvalue weighted by atomic mass is 9.80. The molecule has 1 saturated heterocycles. The lowest BCUT2D eigenvalue weighted by molar-refractivity contribution is 0.00578. The summed E-state index contributed by atoms with van der Waals surface area (Å²) in [6, 6.07) is 2.05. The molecule has 1 fully saturated rings. The van der Waals surface area contributed by atoms with Gasteiger partial charge in [0, 0.05) is 11.7 Å². The normalized spacial score (nSPS) is 21.2. The van der Waals surface area contributed by atoms with Gasteiger partial charge in [0.15, 0.2) is 5.65 Å². The summed E-state index contributed by atoms with van der Waals surface area (Å²) in [5.74, 6) is 0. The maximum Gasteiger partial charge on any atom is 0.496 e. The topological polar surface area (TPSA) is 48.7 Å². The zero-order valence-electron chi connectivity index (χ0n) is 12.0. The van der Waals surface area contributed by atoms with E-state index < -0.39 is 0 Å². The van der Waals surface area contributed by atoms with E-state index in [2.05, 4.69) is 10.1 Å². The molecule has 19 heavy (non-hydrogen) atoms. The first kappa shape index (κ1) is 12.6. The Morgan fingerprint density at radius 1 is 1.16 bits per heavy atom. The molecule has 100 valence electrons. The van der Waals surface area contributed by atoms with Crippen molar-refractivity contribution in [3.63, 3.8) is 0 Å². The first-order valence-electron chi connectivity index (χ1n) is 6.46. The lowest BCUT2D eigenvalue weighted by Gasteiger charge is -2.32. The molecule has 0 radical (unpaired) electrons. The first-order chi connectivity index (χ1) is 8.80. The average Bonchev–Trinajstić information content (AvgIpc) is 2.82. The predicted octanol–water partition coefficient (Wildman–Crippen LogP) is 1.34. The van der Waals surface area contributed by atoms with Crippen LogP contribution >= 0.6 is 0 Å². The Balaban J connectivity index is 2.02. The average molecular weight is 259 g/mol. The third kappa shape index (κ3) is 1.86. The van der Waals surface area contributed by atoms with Crippen LogP contribution in [0.4, 0.5) is 0 Å². The summed E-state index contributed by atoms with van der Waals surface area (Å²) in [5.41, 5.74) is 2.23. The van der Waals surface area contributed by atoms with E-state index >= 15 is 0 Å². The van der Waals surface area contributed by atoms with Gasteiger partial charge in [-0.25, -0.2) is 9.50 Å². The van der Waals surface area contributed by atoms with Gasteiger partial charge >= 0.3 is 7.12 Å². The van der Waals surface area contributed by atoms with Gasteiger partial charge in [-0.05, 0) is 40.2 Å². The molecule has 0 spiro atoms. The number of aryl methyl sites for hydroxylation is 1. The van der Waals surface area contributed by atoms with Crippen LogP contribution in [-0.2, 0) is 9.31 Å². The van der Waals surface area contributed by atoms with Crippen LogP contribution in [0, 0.1) is 6.92 Å². The molecular formula is C13H18BN3O2. The summed E-state index contributed by atoms with van der Waals surface area (Å²) in [6.07, 6.45) is 3.47. The third-order valence-corrected chi connectivity index (χ3v) is 4.11. The Morgan fingerprint density at radius 3 is 2.42 bits per heavy atom. The monoisotopic (exact) mass is 259 g/mol. The number of hydrogen-bond donors (Lipinski definition) is 0. The molecule has 2 aromatic heterocycles. The van der Waals surface area contributed by atoms with Crippen molar-refractivity contribution in [1.29, 1.82) is 0 Å². The van der Waals surface area contributed by atoms with E-state index in [-0.39, 0.29) is 18.3 Å². The van der Waals surface area contributed by atoms with Crippen LogP contribution in [0.5, 0.6) is 0 Å². The molecule has 0 atom stereocenters. The largest absolute Gasteiger partial charge is 0.496 e. The molecular weight excluding hydrogens is 241 g/mol. The maximum atomic E-state index is 6.05. The summed E-state index contributed by atoms with van der Waals surface area (Å²) in [6.45, 7) is 10.2. The van der Waals surface area contributed by atoms with E-state index in [0.29, 0.717) is 0 Å². The highest BCUT2D eigenvalue weighted by molar-refractivity contribution is 6.62. The summed E-state index contributed by atoms with van der Waals surface area (Å²) < 4.78 is 13.9. The fraction of sp³-hybridized carbons (Fsp3) is 0.538. The minimum atomic E-state index is -0.364. The van der Waals surface area contributed by atoms with E-state index in [1.54, 1.807) is 10.8 Å². The highest BCUT2D eigenvalue weighted by Crippen LogP contribution is 2.36. The smallest absolute Gasteiger partial charge is 0.399 e. The third-order valence-electron chi connectivity index (χ3n) is 4.11. The van der Waals surface area contributed by atoms with Crippen LogP contribution in [0.1, 0.15) is 33.3 Å². The van der Waals surface area contributed by atoms with Crippen LogP contribution in [0.15, 0.2) is 18.6 Å². The highest BCUT2D eigenvalue weighted by atomic mass is 16.7. The van der Waals surface area contributed by atoms with Gasteiger partial charge in [0.05, 0.1) is 11.2 Å². The lowest BCUT2D eigenvalue weighted by Crippen LogP contribution is -2.41. The van der Waals surface area contributed by atoms with Crippen molar-refractivity contribution in [3.05, 3.63) is 24.2 Å². The van der Waals surface area contributed by atoms with Crippen molar-refractivity contribution in [2.75, 3.05) is 0 Å². The Kier molecular flexibility index (Phi) is 2.53. The molecule has 5 nitrogen and oxygen atoms in total. The van der Waals surface area contributed by atoms with Crippen molar-refractivity contribution < 1.29 is 9.31 Å². The van der Waals surface area contributed by atoms with Gasteiger partial charge in [0.25, 0.3) is 0 Å². The van der Waals surface area contributed by atoms with Gasteiger partial charge < -0.3 is 9.31 Å². The van der Waals surface area contributed by atoms with Gasteiger partial charge in [-0.15, -0.1) is 0 Å². The second-order valence-electron chi connectivity index (χ2n) is 6.07. The van der Waals surface area contributed by atoms with Crippen molar-refractivity contribution in [2.24, 2.45) is 0 Å². The van der Waals surface area contributed by atoms with Crippen LogP contribution in [0.25, 0.3) is 5.65 Å². The van der Waals surface area contributed by atoms with E-state index in [1.165, 1.54) is 0 Å². The number of nitrogens with zero attached hydrogens (tertiary/aromatic N) is 3. The molecule has 0 aliphatic carbocycles. The number of rotatable bonds is 1. The van der Waals surface area contributed by atoms with Crippen molar-refractivity contribution in [3.8, 4) is 0 Å². The second-order valence-corrected chi connectivity index (χ2v) is 6.07. The standard InChI is InChI=1S/C13H18BN3O2/c1-9-6-10(7-17-11(9)15-8-16-17)14-18-12(2,3)13(4,5)19-14/h6-8H,1-5H3. The molecule has 0 aromatic carbocycles. The summed E-state index contributed by atoms with van der Waals surface area (Å²) in [7, 11) is -0.364. The van der Waals surface area contributed by atoms with Gasteiger partial charge in [0.2, 0.25) is 0 Å². The Labute approximate surface area is 113 Å². The molecule has 0 unspecified atom stereocenters. The van der Waals surface area contributed by atoms with Crippen LogP contribution < -0.4 is 5.46 Å². The minimum Gasteiger partial charge on any atom is -0.399 e. The predicted molar refractivity (Wildman–Crippen MR) is 73.4 cm³/mol. The summed E-state index contributed by atoms with van der Waals surface area (Å²) >= 11 is 0. The van der Waals surface area contributed by atoms with E-state index in [4.69, 9.17) is 9.31 Å². The van der Waals surface area contributed by atoms with Crippen LogP contribution in [-0.4, -0.2) is 32.9 Å². The number of pyridine rings is 1. The zero-order chi connectivity index (χ0) is 13.8. The van der Waals surface area contributed by atoms with E-state index in [9.17, 15) is 0 Å². The van der Waals surface area contributed by atoms with Crippen molar-refractivity contribution in [2.45, 2.75) is 45.8 Å². The quantitative estimate of drug-likeness (QED) is 0.725. The molecule has 6 heteroatoms. The number of hydrogen-bond acceptors (Lipinski definition) is 4. The van der Waals surface area contributed by atoms with Gasteiger partial charge in [-0.1, -0.05) is 6.07 Å². The minimum absolute atomic E-state index is 0.330. The van der Waals surface area contributed by atoms with Gasteiger partial charge in [-0.2, -0.15) is 5.10 Å². The molecule has 3 heterocycles. The fourth-order valence-corrected chi connectivity index (χ4v) is 2.23. The zero-order valence-corrected chi connectivity index (χ0v) is 12.0. The molecule has 1 aliphatic heterocycles. The van der Waals surface area contributed by atoms with E-state index in [1.807, 2.05) is 46.9 Å². The van der Waals surface area contributed by atoms with Crippen molar-refractivity contribution in [1.82, 2.24) is 14.6 Å². The fourth-order valence-electron chi connectivity index (χ4n) is 2.23. The number of aromatic nitrogens is 3. The number of fused-ring (bicyclic) bond motifs is 1. The Hall–Kier alpha value is -1.40. The van der Waals surface area contributed by atoms with Crippen LogP contribution in [0.2, 0.25) is 0 Å². The molecule has 0 saturated carbocycles. The summed E-state index contributed by atoms with van der Waals surface area (Å²) in [4.78, 5) is 4.21. The Morgan fingerprint density at radius 2 is 1.79 bits per heavy atom. The molecule has 1 aliphatic rings. The first-order valence-corrected chi connectivity index (χ1v) is 6.46. The highest BCUT2D eigenvalue weighted by Gasteiger charge is 2.51. The van der Waals surface area contributed by atoms with Crippen molar-refractivity contribution >= 4 is 18.2 Å². The molecule has 2 aromatic rings. The van der Waals surface area contributed by atoms with Gasteiger partial charge in [-0.3, -0.25) is 0 Å². The molecule has 0 N–H and O–H groups in total. The SMILES string of the molecule is Cc1cc(B2OC(C)(C)C(C)(C)O2)cn2ncnc12. The van der Waals surface area contributed by atoms with E-state index in [0.717, 1.165) is 16.7 Å². The second kappa shape index (κ2) is 3.80. The molecule has 0 amide bonds. The molecule has 3 rings (SSSR count). The molecule has 0 bridgehead atoms. The summed E-state index contributed by atoms with van der Waals surface area (Å²) in [5, 5.41) is 4.18. The van der Waals surface area contributed by atoms with Crippen LogP contribution in [0.3, 0.4) is 0 Å².